The van der Waals surface area contributed by atoms with Gasteiger partial charge in [0.15, 0.2) is 0 Å². The summed E-state index contributed by atoms with van der Waals surface area (Å²) in [5, 5.41) is 1.96. The monoisotopic (exact) mass is 305 g/mol. The van der Waals surface area contributed by atoms with Gasteiger partial charge >= 0.3 is 6.11 Å². The normalized spacial score (nSPS) is 10.8. The fourth-order valence-corrected chi connectivity index (χ4v) is 1.38. The molecular formula is C11H10BrF2NO2. The molecule has 1 rings (SSSR count). The van der Waals surface area contributed by atoms with Crippen molar-refractivity contribution in [3.8, 4) is 5.75 Å². The molecule has 92 valence electrons. The minimum absolute atomic E-state index is 0.0113. The van der Waals surface area contributed by atoms with E-state index in [1.54, 1.807) is 12.1 Å². The van der Waals surface area contributed by atoms with Crippen LogP contribution in [0.1, 0.15) is 0 Å². The van der Waals surface area contributed by atoms with Gasteiger partial charge in [-0.1, -0.05) is 28.6 Å². The number of benzene rings is 1. The first-order valence-electron chi connectivity index (χ1n) is 4.65. The maximum Gasteiger partial charge on any atom is 0.415 e. The van der Waals surface area contributed by atoms with E-state index < -0.39 is 18.6 Å². The van der Waals surface area contributed by atoms with E-state index in [-0.39, 0.29) is 5.75 Å². The molecule has 0 heterocycles. The maximum atomic E-state index is 13.3. The van der Waals surface area contributed by atoms with E-state index in [0.717, 1.165) is 6.08 Å². The zero-order valence-corrected chi connectivity index (χ0v) is 10.3. The summed E-state index contributed by atoms with van der Waals surface area (Å²) in [6.45, 7) is 2.24. The number of carbonyl (C=O) groups excluding carboxylic acids is 1. The Hall–Kier alpha value is -1.43. The molecule has 0 aliphatic heterocycles. The van der Waals surface area contributed by atoms with Crippen LogP contribution in [-0.2, 0) is 4.79 Å². The molecule has 6 heteroatoms. The van der Waals surface area contributed by atoms with Crippen molar-refractivity contribution in [1.82, 2.24) is 5.32 Å². The van der Waals surface area contributed by atoms with Gasteiger partial charge in [-0.25, -0.2) is 0 Å². The Morgan fingerprint density at radius 2 is 2.29 bits per heavy atom. The first-order valence-corrected chi connectivity index (χ1v) is 5.45. The molecule has 0 unspecified atom stereocenters. The molecule has 17 heavy (non-hydrogen) atoms. The number of rotatable bonds is 5. The second-order valence-electron chi connectivity index (χ2n) is 3.12. The summed E-state index contributed by atoms with van der Waals surface area (Å²) in [5.41, 5.74) is 0. The molecule has 1 N–H and O–H groups in total. The van der Waals surface area contributed by atoms with Crippen LogP contribution in [-0.4, -0.2) is 18.6 Å². The van der Waals surface area contributed by atoms with Crippen molar-refractivity contribution in [3.05, 3.63) is 41.4 Å². The maximum absolute atomic E-state index is 13.3. The number of amides is 1. The predicted octanol–water partition coefficient (Wildman–Crippen LogP) is 2.72. The molecule has 0 saturated carbocycles. The van der Waals surface area contributed by atoms with E-state index in [0.29, 0.717) is 4.47 Å². The van der Waals surface area contributed by atoms with Crippen LogP contribution < -0.4 is 10.1 Å². The highest BCUT2D eigenvalue weighted by Crippen LogP contribution is 2.23. The van der Waals surface area contributed by atoms with Gasteiger partial charge in [-0.15, -0.1) is 0 Å². The van der Waals surface area contributed by atoms with E-state index >= 15 is 0 Å². The highest BCUT2D eigenvalue weighted by Gasteiger charge is 2.31. The average molecular weight is 306 g/mol. The predicted molar refractivity (Wildman–Crippen MR) is 62.9 cm³/mol. The largest absolute Gasteiger partial charge is 0.431 e. The Labute approximate surface area is 106 Å². The van der Waals surface area contributed by atoms with Crippen molar-refractivity contribution in [3.63, 3.8) is 0 Å². The van der Waals surface area contributed by atoms with Gasteiger partial charge in [-0.05, 0) is 24.3 Å². The lowest BCUT2D eigenvalue weighted by molar-refractivity contribution is -0.173. The molecule has 0 fully saturated rings. The molecule has 1 aromatic carbocycles. The van der Waals surface area contributed by atoms with Gasteiger partial charge in [0.1, 0.15) is 12.3 Å². The number of hydrogen-bond donors (Lipinski definition) is 1. The van der Waals surface area contributed by atoms with Crippen molar-refractivity contribution in [2.45, 2.75) is 6.11 Å². The first-order chi connectivity index (χ1) is 7.93. The Morgan fingerprint density at radius 3 is 2.88 bits per heavy atom. The van der Waals surface area contributed by atoms with E-state index in [4.69, 9.17) is 0 Å². The first kappa shape index (κ1) is 13.6. The highest BCUT2D eigenvalue weighted by atomic mass is 79.9. The fraction of sp³-hybridized carbons (Fsp3) is 0.182. The van der Waals surface area contributed by atoms with Gasteiger partial charge in [0.2, 0.25) is 5.91 Å². The quantitative estimate of drug-likeness (QED) is 0.850. The molecule has 0 bridgehead atoms. The number of alkyl halides is 2. The van der Waals surface area contributed by atoms with Crippen molar-refractivity contribution < 1.29 is 18.3 Å². The lowest BCUT2D eigenvalue weighted by atomic mass is 10.3. The Balaban J connectivity index is 2.59. The number of ether oxygens (including phenoxy) is 1. The van der Waals surface area contributed by atoms with Gasteiger partial charge < -0.3 is 10.1 Å². The molecule has 1 aromatic rings. The van der Waals surface area contributed by atoms with Crippen LogP contribution in [0.3, 0.4) is 0 Å². The van der Waals surface area contributed by atoms with Crippen LogP contribution in [0.15, 0.2) is 41.4 Å². The summed E-state index contributed by atoms with van der Waals surface area (Å²) in [6.07, 6.45) is -2.56. The number of carbonyl (C=O) groups is 1. The van der Waals surface area contributed by atoms with Crippen LogP contribution in [0.4, 0.5) is 8.78 Å². The lowest BCUT2D eigenvalue weighted by Gasteiger charge is -2.18. The highest BCUT2D eigenvalue weighted by molar-refractivity contribution is 9.10. The van der Waals surface area contributed by atoms with Crippen molar-refractivity contribution in [2.24, 2.45) is 0 Å². The fourth-order valence-electron chi connectivity index (χ4n) is 1.00. The van der Waals surface area contributed by atoms with E-state index in [9.17, 15) is 13.6 Å². The van der Waals surface area contributed by atoms with Gasteiger partial charge in [-0.3, -0.25) is 4.79 Å². The summed E-state index contributed by atoms with van der Waals surface area (Å²) in [6, 6.07) is 6.06. The van der Waals surface area contributed by atoms with Crippen LogP contribution in [0, 0.1) is 0 Å². The molecule has 0 spiro atoms. The second-order valence-corrected chi connectivity index (χ2v) is 4.03. The third-order valence-corrected chi connectivity index (χ3v) is 2.21. The van der Waals surface area contributed by atoms with Crippen LogP contribution in [0.5, 0.6) is 5.75 Å². The smallest absolute Gasteiger partial charge is 0.415 e. The number of hydrogen-bond acceptors (Lipinski definition) is 2. The number of halogens is 3. The van der Waals surface area contributed by atoms with Gasteiger partial charge in [0, 0.05) is 4.47 Å². The number of nitrogens with one attached hydrogen (secondary N) is 1. The summed E-state index contributed by atoms with van der Waals surface area (Å²) < 4.78 is 31.6. The van der Waals surface area contributed by atoms with Crippen molar-refractivity contribution >= 4 is 21.8 Å². The van der Waals surface area contributed by atoms with Crippen LogP contribution >= 0.6 is 15.9 Å². The Morgan fingerprint density at radius 1 is 1.59 bits per heavy atom. The summed E-state index contributed by atoms with van der Waals surface area (Å²) >= 11 is 3.14. The summed E-state index contributed by atoms with van der Waals surface area (Å²) in [5.74, 6) is -0.667. The third-order valence-electron chi connectivity index (χ3n) is 1.72. The molecule has 0 aliphatic carbocycles. The minimum atomic E-state index is -3.47. The van der Waals surface area contributed by atoms with Crippen molar-refractivity contribution in [1.29, 1.82) is 0 Å². The SMILES string of the molecule is C=CC(=O)NCC(F)(F)Oc1cccc(Br)c1. The Bertz CT molecular complexity index is 424. The molecule has 1 amide bonds. The zero-order valence-electron chi connectivity index (χ0n) is 8.75. The molecule has 0 aliphatic rings. The third kappa shape index (κ3) is 4.95. The topological polar surface area (TPSA) is 38.3 Å². The van der Waals surface area contributed by atoms with E-state index in [1.165, 1.54) is 12.1 Å². The molecule has 0 aromatic heterocycles. The second kappa shape index (κ2) is 5.77. The molecule has 3 nitrogen and oxygen atoms in total. The van der Waals surface area contributed by atoms with Crippen molar-refractivity contribution in [2.75, 3.05) is 6.54 Å². The molecular weight excluding hydrogens is 296 g/mol. The van der Waals surface area contributed by atoms with E-state index in [1.807, 2.05) is 5.32 Å². The van der Waals surface area contributed by atoms with Gasteiger partial charge in [0.25, 0.3) is 0 Å². The zero-order chi connectivity index (χ0) is 12.9. The van der Waals surface area contributed by atoms with Crippen LogP contribution in [0.2, 0.25) is 0 Å². The molecule has 0 atom stereocenters. The molecule has 0 radical (unpaired) electrons. The van der Waals surface area contributed by atoms with Gasteiger partial charge in [0.05, 0.1) is 0 Å². The van der Waals surface area contributed by atoms with Crippen LogP contribution in [0.25, 0.3) is 0 Å². The standard InChI is InChI=1S/C11H10BrF2NO2/c1-2-10(16)15-7-11(13,14)17-9-5-3-4-8(12)6-9/h2-6H,1,7H2,(H,15,16). The lowest BCUT2D eigenvalue weighted by Crippen LogP contribution is -2.39. The minimum Gasteiger partial charge on any atom is -0.431 e. The summed E-state index contributed by atoms with van der Waals surface area (Å²) in [7, 11) is 0. The van der Waals surface area contributed by atoms with Gasteiger partial charge in [-0.2, -0.15) is 8.78 Å². The summed E-state index contributed by atoms with van der Waals surface area (Å²) in [4.78, 5) is 10.7. The Kier molecular flexibility index (Phi) is 4.62. The van der Waals surface area contributed by atoms with E-state index in [2.05, 4.69) is 27.2 Å². The molecule has 0 saturated heterocycles. The average Bonchev–Trinajstić information content (AvgIpc) is 2.25.